The van der Waals surface area contributed by atoms with Crippen molar-refractivity contribution in [1.82, 2.24) is 0 Å². The first-order valence-corrected chi connectivity index (χ1v) is 5.64. The van der Waals surface area contributed by atoms with Gasteiger partial charge in [-0.05, 0) is 52.7 Å². The van der Waals surface area contributed by atoms with E-state index in [0.29, 0.717) is 0 Å². The summed E-state index contributed by atoms with van der Waals surface area (Å²) in [5.41, 5.74) is 2.70. The van der Waals surface area contributed by atoms with Crippen LogP contribution in [0.2, 0.25) is 0 Å². The Morgan fingerprint density at radius 1 is 1.25 bits per heavy atom. The molecule has 1 aliphatic rings. The van der Waals surface area contributed by atoms with Crippen LogP contribution in [-0.4, -0.2) is 0 Å². The first-order valence-electron chi connectivity index (χ1n) is 4.03. The van der Waals surface area contributed by atoms with Gasteiger partial charge in [-0.3, -0.25) is 0 Å². The fourth-order valence-corrected chi connectivity index (χ4v) is 3.52. The predicted octanol–water partition coefficient (Wildman–Crippen LogP) is 3.26. The fourth-order valence-electron chi connectivity index (χ4n) is 1.68. The molecular formula is C9H8BrNS. The van der Waals surface area contributed by atoms with E-state index in [0.717, 1.165) is 17.7 Å². The molecule has 62 valence electrons. The highest BCUT2D eigenvalue weighted by Crippen LogP contribution is 2.37. The third-order valence-electron chi connectivity index (χ3n) is 2.27. The number of nitrogens with zero attached hydrogens (tertiary/aromatic N) is 1. The summed E-state index contributed by atoms with van der Waals surface area (Å²) >= 11 is 5.10. The van der Waals surface area contributed by atoms with Gasteiger partial charge in [0.2, 0.25) is 0 Å². The highest BCUT2D eigenvalue weighted by Gasteiger charge is 2.18. The summed E-state index contributed by atoms with van der Waals surface area (Å²) < 4.78 is 1.17. The number of hydrogen-bond donors (Lipinski definition) is 0. The number of hydrogen-bond acceptors (Lipinski definition) is 2. The Bertz CT molecular complexity index is 348. The molecule has 0 fully saturated rings. The molecule has 0 bridgehead atoms. The van der Waals surface area contributed by atoms with Gasteiger partial charge in [0, 0.05) is 0 Å². The molecule has 1 aliphatic carbocycles. The van der Waals surface area contributed by atoms with E-state index in [2.05, 4.69) is 22.0 Å². The Morgan fingerprint density at radius 2 is 1.92 bits per heavy atom. The third-order valence-corrected chi connectivity index (χ3v) is 4.20. The van der Waals surface area contributed by atoms with Crippen molar-refractivity contribution in [2.24, 2.45) is 0 Å². The van der Waals surface area contributed by atoms with Gasteiger partial charge in [0.05, 0.1) is 3.79 Å². The first kappa shape index (κ1) is 8.28. The molecule has 1 aromatic rings. The van der Waals surface area contributed by atoms with E-state index >= 15 is 0 Å². The average molecular weight is 242 g/mol. The maximum absolute atomic E-state index is 8.85. The molecule has 1 heterocycles. The van der Waals surface area contributed by atoms with Crippen LogP contribution < -0.4 is 0 Å². The summed E-state index contributed by atoms with van der Waals surface area (Å²) in [7, 11) is 0. The minimum atomic E-state index is 0.913. The smallest absolute Gasteiger partial charge is 0.110 e. The van der Waals surface area contributed by atoms with Crippen molar-refractivity contribution in [3.05, 3.63) is 19.8 Å². The van der Waals surface area contributed by atoms with Crippen LogP contribution in [0.25, 0.3) is 0 Å². The van der Waals surface area contributed by atoms with Crippen LogP contribution in [0.5, 0.6) is 0 Å². The minimum Gasteiger partial charge on any atom is -0.192 e. The monoisotopic (exact) mass is 241 g/mol. The quantitative estimate of drug-likeness (QED) is 0.685. The van der Waals surface area contributed by atoms with E-state index in [4.69, 9.17) is 5.26 Å². The van der Waals surface area contributed by atoms with Crippen molar-refractivity contribution < 1.29 is 0 Å². The summed E-state index contributed by atoms with van der Waals surface area (Å²) in [6.45, 7) is 0. The molecule has 0 amide bonds. The minimum absolute atomic E-state index is 0.913. The van der Waals surface area contributed by atoms with Gasteiger partial charge in [-0.2, -0.15) is 5.26 Å². The van der Waals surface area contributed by atoms with E-state index in [1.54, 1.807) is 11.3 Å². The summed E-state index contributed by atoms with van der Waals surface area (Å²) in [5.74, 6) is 0. The molecule has 0 radical (unpaired) electrons. The number of halogens is 1. The zero-order valence-corrected chi connectivity index (χ0v) is 8.96. The lowest BCUT2D eigenvalue weighted by molar-refractivity contribution is 0.687. The largest absolute Gasteiger partial charge is 0.192 e. The second-order valence-electron chi connectivity index (χ2n) is 2.98. The van der Waals surface area contributed by atoms with E-state index in [-0.39, 0.29) is 0 Å². The summed E-state index contributed by atoms with van der Waals surface area (Å²) in [6.07, 6.45) is 4.76. The molecule has 3 heteroatoms. The molecule has 0 atom stereocenters. The van der Waals surface area contributed by atoms with Crippen LogP contribution in [-0.2, 0) is 12.8 Å². The Hall–Kier alpha value is -0.330. The van der Waals surface area contributed by atoms with Gasteiger partial charge in [0.15, 0.2) is 0 Å². The van der Waals surface area contributed by atoms with Crippen molar-refractivity contribution >= 4 is 27.3 Å². The van der Waals surface area contributed by atoms with Gasteiger partial charge in [0.1, 0.15) is 10.9 Å². The van der Waals surface area contributed by atoms with Gasteiger partial charge < -0.3 is 0 Å². The van der Waals surface area contributed by atoms with Crippen LogP contribution in [0.4, 0.5) is 0 Å². The number of fused-ring (bicyclic) bond motifs is 1. The van der Waals surface area contributed by atoms with Gasteiger partial charge in [-0.1, -0.05) is 0 Å². The average Bonchev–Trinajstić information content (AvgIpc) is 2.44. The summed E-state index contributed by atoms with van der Waals surface area (Å²) in [4.78, 5) is 0.913. The molecule has 0 aliphatic heterocycles. The number of rotatable bonds is 0. The highest BCUT2D eigenvalue weighted by molar-refractivity contribution is 9.11. The normalized spacial score (nSPS) is 15.3. The number of nitriles is 1. The van der Waals surface area contributed by atoms with E-state index in [1.165, 1.54) is 27.8 Å². The summed E-state index contributed by atoms with van der Waals surface area (Å²) in [6, 6.07) is 2.26. The predicted molar refractivity (Wildman–Crippen MR) is 53.4 cm³/mol. The van der Waals surface area contributed by atoms with Crippen molar-refractivity contribution in [3.8, 4) is 6.07 Å². The second-order valence-corrected chi connectivity index (χ2v) is 5.32. The van der Waals surface area contributed by atoms with Crippen LogP contribution in [0.15, 0.2) is 3.79 Å². The third kappa shape index (κ3) is 1.19. The Morgan fingerprint density at radius 3 is 2.58 bits per heavy atom. The second kappa shape index (κ2) is 3.20. The fraction of sp³-hybridized carbons (Fsp3) is 0.444. The SMILES string of the molecule is N#Cc1sc(Br)c2c1CCCC2. The first-order chi connectivity index (χ1) is 5.83. The molecule has 1 nitrogen and oxygen atoms in total. The van der Waals surface area contributed by atoms with Gasteiger partial charge in [-0.25, -0.2) is 0 Å². The molecule has 0 saturated heterocycles. The topological polar surface area (TPSA) is 23.8 Å². The molecule has 12 heavy (non-hydrogen) atoms. The lowest BCUT2D eigenvalue weighted by Gasteiger charge is -2.10. The molecule has 0 N–H and O–H groups in total. The Kier molecular flexibility index (Phi) is 2.20. The highest BCUT2D eigenvalue weighted by atomic mass is 79.9. The molecule has 2 rings (SSSR count). The zero-order chi connectivity index (χ0) is 8.55. The van der Waals surface area contributed by atoms with Crippen LogP contribution in [0, 0.1) is 11.3 Å². The number of thiophene rings is 1. The van der Waals surface area contributed by atoms with Crippen molar-refractivity contribution in [3.63, 3.8) is 0 Å². The molecule has 1 aromatic heterocycles. The van der Waals surface area contributed by atoms with Crippen molar-refractivity contribution in [2.45, 2.75) is 25.7 Å². The van der Waals surface area contributed by atoms with E-state index in [1.807, 2.05) is 0 Å². The zero-order valence-electron chi connectivity index (χ0n) is 6.56. The molecule has 0 spiro atoms. The van der Waals surface area contributed by atoms with Gasteiger partial charge >= 0.3 is 0 Å². The van der Waals surface area contributed by atoms with E-state index in [9.17, 15) is 0 Å². The van der Waals surface area contributed by atoms with E-state index < -0.39 is 0 Å². The lowest BCUT2D eigenvalue weighted by atomic mass is 9.94. The molecular weight excluding hydrogens is 234 g/mol. The van der Waals surface area contributed by atoms with Crippen LogP contribution >= 0.6 is 27.3 Å². The lowest BCUT2D eigenvalue weighted by Crippen LogP contribution is -2.00. The molecule has 0 unspecified atom stereocenters. The Balaban J connectivity index is 2.56. The maximum atomic E-state index is 8.85. The Labute approximate surface area is 84.2 Å². The van der Waals surface area contributed by atoms with Crippen LogP contribution in [0.3, 0.4) is 0 Å². The van der Waals surface area contributed by atoms with Gasteiger partial charge in [-0.15, -0.1) is 11.3 Å². The molecule has 0 aromatic carbocycles. The molecule has 0 saturated carbocycles. The van der Waals surface area contributed by atoms with Crippen molar-refractivity contribution in [1.29, 1.82) is 5.26 Å². The summed E-state index contributed by atoms with van der Waals surface area (Å²) in [5, 5.41) is 8.85. The maximum Gasteiger partial charge on any atom is 0.110 e. The van der Waals surface area contributed by atoms with Crippen molar-refractivity contribution in [2.75, 3.05) is 0 Å². The van der Waals surface area contributed by atoms with Gasteiger partial charge in [0.25, 0.3) is 0 Å². The standard InChI is InChI=1S/C9H8BrNS/c10-9-7-4-2-1-3-6(7)8(5-11)12-9/h1-4H2. The van der Waals surface area contributed by atoms with Crippen LogP contribution in [0.1, 0.15) is 28.8 Å².